The minimum absolute atomic E-state index is 0.120. The van der Waals surface area contributed by atoms with E-state index in [0.29, 0.717) is 16.8 Å². The van der Waals surface area contributed by atoms with E-state index in [9.17, 15) is 14.7 Å². The Hall–Kier alpha value is -3.14. The maximum Gasteiger partial charge on any atom is 0.333 e. The second-order valence-electron chi connectivity index (χ2n) is 5.21. The number of pyridine rings is 1. The van der Waals surface area contributed by atoms with E-state index in [2.05, 4.69) is 0 Å². The zero-order chi connectivity index (χ0) is 16.4. The largest absolute Gasteiger partial charge is 0.478 e. The van der Waals surface area contributed by atoms with Crippen molar-refractivity contribution in [1.29, 1.82) is 0 Å². The van der Waals surface area contributed by atoms with Gasteiger partial charge in [-0.1, -0.05) is 48.5 Å². The summed E-state index contributed by atoms with van der Waals surface area (Å²) in [6, 6.07) is 19.7. The molecule has 0 spiro atoms. The fraction of sp³-hybridized carbons (Fsp3) is 0.0526. The quantitative estimate of drug-likeness (QED) is 0.755. The van der Waals surface area contributed by atoms with Crippen molar-refractivity contribution in [1.82, 2.24) is 4.57 Å². The molecule has 23 heavy (non-hydrogen) atoms. The van der Waals surface area contributed by atoms with Crippen LogP contribution in [0, 0.1) is 0 Å². The predicted octanol–water partition coefficient (Wildman–Crippen LogP) is 3.37. The minimum Gasteiger partial charge on any atom is -0.478 e. The van der Waals surface area contributed by atoms with Crippen LogP contribution in [0.2, 0.25) is 0 Å². The lowest BCUT2D eigenvalue weighted by atomic mass is 10.1. The van der Waals surface area contributed by atoms with Crippen LogP contribution in [-0.4, -0.2) is 15.6 Å². The van der Waals surface area contributed by atoms with Crippen LogP contribution in [0.1, 0.15) is 12.5 Å². The molecule has 3 rings (SSSR count). The Morgan fingerprint density at radius 1 is 0.913 bits per heavy atom. The lowest BCUT2D eigenvalue weighted by Gasteiger charge is -2.16. The van der Waals surface area contributed by atoms with Crippen molar-refractivity contribution in [2.75, 3.05) is 0 Å². The van der Waals surface area contributed by atoms with Gasteiger partial charge in [-0.05, 0) is 30.0 Å². The molecule has 0 amide bonds. The highest BCUT2D eigenvalue weighted by atomic mass is 16.4. The fourth-order valence-corrected chi connectivity index (χ4v) is 2.63. The van der Waals surface area contributed by atoms with Crippen LogP contribution in [-0.2, 0) is 4.79 Å². The molecule has 0 atom stereocenters. The van der Waals surface area contributed by atoms with Crippen LogP contribution < -0.4 is 5.56 Å². The summed E-state index contributed by atoms with van der Waals surface area (Å²) in [4.78, 5) is 24.1. The second-order valence-corrected chi connectivity index (χ2v) is 5.21. The monoisotopic (exact) mass is 305 g/mol. The summed E-state index contributed by atoms with van der Waals surface area (Å²) in [6.07, 6.45) is 0. The first-order valence-electron chi connectivity index (χ1n) is 7.20. The lowest BCUT2D eigenvalue weighted by Crippen LogP contribution is -2.21. The molecule has 0 aliphatic carbocycles. The molecule has 1 N–H and O–H groups in total. The van der Waals surface area contributed by atoms with Crippen molar-refractivity contribution < 1.29 is 9.90 Å². The third kappa shape index (κ3) is 2.66. The standard InChI is InChI=1S/C19H15NO3/c1-13(19(22)23)18(15-8-3-2-4-9-15)20-16-10-6-5-7-14(16)11-12-17(20)21/h2-12H,1H3,(H,22,23). The first-order chi connectivity index (χ1) is 11.1. The number of hydrogen-bond acceptors (Lipinski definition) is 2. The number of para-hydroxylation sites is 1. The summed E-state index contributed by atoms with van der Waals surface area (Å²) in [5, 5.41) is 10.3. The molecule has 0 radical (unpaired) electrons. The number of nitrogens with zero attached hydrogens (tertiary/aromatic N) is 1. The van der Waals surface area contributed by atoms with Crippen LogP contribution in [0.3, 0.4) is 0 Å². The van der Waals surface area contributed by atoms with Crippen molar-refractivity contribution in [3.63, 3.8) is 0 Å². The third-order valence-electron chi connectivity index (χ3n) is 3.75. The number of benzene rings is 2. The van der Waals surface area contributed by atoms with Gasteiger partial charge in [-0.2, -0.15) is 0 Å². The van der Waals surface area contributed by atoms with Gasteiger partial charge in [0.05, 0.1) is 16.8 Å². The second kappa shape index (κ2) is 5.93. The van der Waals surface area contributed by atoms with Crippen LogP contribution in [0.15, 0.2) is 77.1 Å². The zero-order valence-electron chi connectivity index (χ0n) is 12.6. The number of hydrogen-bond donors (Lipinski definition) is 1. The molecule has 0 fully saturated rings. The molecular formula is C19H15NO3. The van der Waals surface area contributed by atoms with E-state index in [1.807, 2.05) is 42.5 Å². The number of fused-ring (bicyclic) bond motifs is 1. The van der Waals surface area contributed by atoms with E-state index < -0.39 is 5.97 Å². The molecule has 0 unspecified atom stereocenters. The fourth-order valence-electron chi connectivity index (χ4n) is 2.63. The highest BCUT2D eigenvalue weighted by molar-refractivity contribution is 5.97. The molecule has 1 aromatic heterocycles. The van der Waals surface area contributed by atoms with Gasteiger partial charge in [-0.25, -0.2) is 4.79 Å². The lowest BCUT2D eigenvalue weighted by molar-refractivity contribution is -0.132. The van der Waals surface area contributed by atoms with Gasteiger partial charge in [-0.15, -0.1) is 0 Å². The summed E-state index contributed by atoms with van der Waals surface area (Å²) in [5.74, 6) is -1.05. The zero-order valence-corrected chi connectivity index (χ0v) is 12.6. The Labute approximate surface area is 132 Å². The number of carboxylic acids is 1. The van der Waals surface area contributed by atoms with Gasteiger partial charge in [0.25, 0.3) is 5.56 Å². The summed E-state index contributed by atoms with van der Waals surface area (Å²) in [7, 11) is 0. The maximum absolute atomic E-state index is 12.5. The number of carbonyl (C=O) groups is 1. The summed E-state index contributed by atoms with van der Waals surface area (Å²) < 4.78 is 1.47. The van der Waals surface area contributed by atoms with Crippen molar-refractivity contribution in [2.24, 2.45) is 0 Å². The molecular weight excluding hydrogens is 290 g/mol. The van der Waals surface area contributed by atoms with Gasteiger partial charge in [0.2, 0.25) is 0 Å². The summed E-state index contributed by atoms with van der Waals surface area (Å²) >= 11 is 0. The van der Waals surface area contributed by atoms with Gasteiger partial charge in [-0.3, -0.25) is 9.36 Å². The summed E-state index contributed by atoms with van der Waals surface area (Å²) in [5.41, 5.74) is 1.61. The van der Waals surface area contributed by atoms with Crippen LogP contribution in [0.5, 0.6) is 0 Å². The molecule has 0 saturated carbocycles. The molecule has 4 heteroatoms. The summed E-state index contributed by atoms with van der Waals surface area (Å²) in [6.45, 7) is 1.51. The Morgan fingerprint density at radius 2 is 1.57 bits per heavy atom. The number of aliphatic carboxylic acids is 1. The van der Waals surface area contributed by atoms with E-state index in [1.165, 1.54) is 17.6 Å². The van der Waals surface area contributed by atoms with Crippen molar-refractivity contribution in [2.45, 2.75) is 6.92 Å². The van der Waals surface area contributed by atoms with Crippen molar-refractivity contribution in [3.05, 3.63) is 88.2 Å². The Kier molecular flexibility index (Phi) is 3.81. The highest BCUT2D eigenvalue weighted by Gasteiger charge is 2.16. The normalized spacial score (nSPS) is 12.0. The number of rotatable bonds is 3. The van der Waals surface area contributed by atoms with Gasteiger partial charge < -0.3 is 5.11 Å². The maximum atomic E-state index is 12.5. The van der Waals surface area contributed by atoms with Gasteiger partial charge in [0.15, 0.2) is 0 Å². The smallest absolute Gasteiger partial charge is 0.333 e. The van der Waals surface area contributed by atoms with Crippen molar-refractivity contribution in [3.8, 4) is 0 Å². The molecule has 0 aliphatic rings. The average Bonchev–Trinajstić information content (AvgIpc) is 2.58. The molecule has 3 aromatic rings. The van der Waals surface area contributed by atoms with Gasteiger partial charge >= 0.3 is 5.97 Å². The first-order valence-corrected chi connectivity index (χ1v) is 7.20. The Morgan fingerprint density at radius 3 is 2.26 bits per heavy atom. The Bertz CT molecular complexity index is 969. The first kappa shape index (κ1) is 14.8. The van der Waals surface area contributed by atoms with Crippen LogP contribution >= 0.6 is 0 Å². The highest BCUT2D eigenvalue weighted by Crippen LogP contribution is 2.24. The van der Waals surface area contributed by atoms with E-state index in [4.69, 9.17) is 0 Å². The van der Waals surface area contributed by atoms with Crippen molar-refractivity contribution >= 4 is 22.6 Å². The third-order valence-corrected chi connectivity index (χ3v) is 3.75. The van der Waals surface area contributed by atoms with E-state index in [0.717, 1.165) is 5.39 Å². The van der Waals surface area contributed by atoms with Gasteiger partial charge in [0, 0.05) is 6.07 Å². The topological polar surface area (TPSA) is 59.3 Å². The Balaban J connectivity index is 2.45. The molecule has 4 nitrogen and oxygen atoms in total. The molecule has 1 heterocycles. The van der Waals surface area contributed by atoms with E-state index in [-0.39, 0.29) is 11.1 Å². The molecule has 0 saturated heterocycles. The number of carboxylic acid groups (broad SMARTS) is 1. The number of aromatic nitrogens is 1. The van der Waals surface area contributed by atoms with Crippen LogP contribution in [0.25, 0.3) is 16.6 Å². The van der Waals surface area contributed by atoms with E-state index in [1.54, 1.807) is 18.2 Å². The average molecular weight is 305 g/mol. The SMILES string of the molecule is CC(C(=O)O)=C(c1ccccc1)n1c(=O)ccc2ccccc21. The molecule has 114 valence electrons. The molecule has 0 bridgehead atoms. The van der Waals surface area contributed by atoms with E-state index >= 15 is 0 Å². The van der Waals surface area contributed by atoms with Gasteiger partial charge in [0.1, 0.15) is 0 Å². The predicted molar refractivity (Wildman–Crippen MR) is 90.3 cm³/mol. The minimum atomic E-state index is -1.05. The molecule has 2 aromatic carbocycles. The molecule has 0 aliphatic heterocycles. The van der Waals surface area contributed by atoms with Crippen LogP contribution in [0.4, 0.5) is 0 Å².